The maximum Gasteiger partial charge on any atom is -1.00 e. The van der Waals surface area contributed by atoms with E-state index in [4.69, 9.17) is 0 Å². The molecule has 0 bridgehead atoms. The molecular weight excluding hydrogens is 414 g/mol. The SMILES string of the molecule is CC(C)=c1ccc2c([c]1[Zr+2])C(C1=CC=CC1)=c1ccccc1=2.[Cl-].[Cl-]. The van der Waals surface area contributed by atoms with Crippen LogP contribution >= 0.6 is 0 Å². The molecule has 0 fully saturated rings. The van der Waals surface area contributed by atoms with E-state index in [-0.39, 0.29) is 24.8 Å². The second-order valence-corrected chi connectivity index (χ2v) is 7.38. The van der Waals surface area contributed by atoms with Crippen molar-refractivity contribution >= 4 is 14.4 Å². The minimum atomic E-state index is 0. The van der Waals surface area contributed by atoms with Gasteiger partial charge in [0.25, 0.3) is 0 Å². The van der Waals surface area contributed by atoms with Gasteiger partial charge in [0, 0.05) is 0 Å². The fourth-order valence-electron chi connectivity index (χ4n) is 3.54. The number of fused-ring (bicyclic) bond motifs is 2. The van der Waals surface area contributed by atoms with Gasteiger partial charge in [-0.05, 0) is 0 Å². The molecule has 2 aliphatic carbocycles. The van der Waals surface area contributed by atoms with Crippen molar-refractivity contribution in [3.8, 4) is 0 Å². The van der Waals surface area contributed by atoms with Gasteiger partial charge in [0.15, 0.2) is 0 Å². The molecule has 119 valence electrons. The summed E-state index contributed by atoms with van der Waals surface area (Å²) in [6.45, 7) is 4.43. The van der Waals surface area contributed by atoms with Crippen LogP contribution in [0.4, 0.5) is 0 Å². The zero-order valence-electron chi connectivity index (χ0n) is 13.7. The number of hydrogen-bond acceptors (Lipinski definition) is 0. The van der Waals surface area contributed by atoms with Crippen molar-refractivity contribution in [2.75, 3.05) is 0 Å². The monoisotopic (exact) mass is 429 g/mol. The molecule has 2 aromatic carbocycles. The number of benzene rings is 2. The van der Waals surface area contributed by atoms with Crippen LogP contribution in [-0.4, -0.2) is 0 Å². The fraction of sp³-hybridized carbons (Fsp3) is 0.143. The molecule has 0 heterocycles. The third-order valence-corrected chi connectivity index (χ3v) is 5.85. The van der Waals surface area contributed by atoms with Gasteiger partial charge in [-0.1, -0.05) is 0 Å². The Hall–Kier alpha value is -0.877. The van der Waals surface area contributed by atoms with E-state index in [0.717, 1.165) is 6.42 Å². The smallest absolute Gasteiger partial charge is 1.00 e. The van der Waals surface area contributed by atoms with E-state index in [9.17, 15) is 0 Å². The molecule has 0 aromatic heterocycles. The molecule has 2 aliphatic rings. The number of allylic oxidation sites excluding steroid dienone is 4. The molecule has 0 spiro atoms. The van der Waals surface area contributed by atoms with Crippen LogP contribution in [-0.2, 0) is 24.7 Å². The first-order valence-electron chi connectivity index (χ1n) is 7.71. The standard InChI is InChI=1S/C21H17.2ClH.Zr/c1-14(2)16-11-12-18-17-9-5-6-10-19(17)21(20(18)13-16)15-7-3-4-8-15;;;/h3-7,9-12H,8H2,1-2H3;2*1H;/q;;;+2/p-2. The molecule has 0 N–H and O–H groups in total. The van der Waals surface area contributed by atoms with Crippen molar-refractivity contribution in [2.24, 2.45) is 0 Å². The molecule has 24 heavy (non-hydrogen) atoms. The van der Waals surface area contributed by atoms with E-state index in [0.29, 0.717) is 0 Å². The molecule has 0 nitrogen and oxygen atoms in total. The summed E-state index contributed by atoms with van der Waals surface area (Å²) in [6, 6.07) is 13.5. The van der Waals surface area contributed by atoms with Crippen molar-refractivity contribution in [1.82, 2.24) is 0 Å². The maximum atomic E-state index is 2.32. The van der Waals surface area contributed by atoms with Crippen LogP contribution in [0.1, 0.15) is 25.8 Å². The summed E-state index contributed by atoms with van der Waals surface area (Å²) in [5, 5.41) is 5.63. The number of rotatable bonds is 1. The third kappa shape index (κ3) is 2.92. The van der Waals surface area contributed by atoms with Crippen LogP contribution in [0, 0.1) is 10.4 Å². The number of halogens is 2. The first kappa shape index (κ1) is 19.4. The molecule has 0 saturated heterocycles. The fourth-order valence-corrected chi connectivity index (χ4v) is 5.00. The molecule has 0 aliphatic heterocycles. The summed E-state index contributed by atoms with van der Waals surface area (Å²) >= 11 is 1.50. The van der Waals surface area contributed by atoms with Crippen LogP contribution in [0.2, 0.25) is 0 Å². The summed E-state index contributed by atoms with van der Waals surface area (Å²) in [7, 11) is 0. The second-order valence-electron chi connectivity index (χ2n) is 6.16. The van der Waals surface area contributed by atoms with Crippen LogP contribution < -0.4 is 38.5 Å². The first-order valence-corrected chi connectivity index (χ1v) is 8.93. The van der Waals surface area contributed by atoms with Crippen LogP contribution in [0.5, 0.6) is 0 Å². The molecule has 3 heteroatoms. The van der Waals surface area contributed by atoms with Crippen molar-refractivity contribution in [3.05, 3.63) is 86.6 Å². The molecule has 0 amide bonds. The average molecular weight is 431 g/mol. The van der Waals surface area contributed by atoms with Crippen molar-refractivity contribution in [1.29, 1.82) is 0 Å². The van der Waals surface area contributed by atoms with Crippen molar-refractivity contribution in [3.63, 3.8) is 0 Å². The molecule has 4 rings (SSSR count). The topological polar surface area (TPSA) is 0 Å². The van der Waals surface area contributed by atoms with Gasteiger partial charge in [-0.2, -0.15) is 0 Å². The van der Waals surface area contributed by atoms with Gasteiger partial charge in [-0.25, -0.2) is 0 Å². The van der Waals surface area contributed by atoms with Gasteiger partial charge in [-0.3, -0.25) is 0 Å². The van der Waals surface area contributed by atoms with Gasteiger partial charge in [0.05, 0.1) is 0 Å². The Bertz CT molecular complexity index is 1070. The van der Waals surface area contributed by atoms with Gasteiger partial charge >= 0.3 is 146 Å². The van der Waals surface area contributed by atoms with E-state index in [2.05, 4.69) is 68.5 Å². The summed E-state index contributed by atoms with van der Waals surface area (Å²) in [5.41, 5.74) is 5.81. The molecule has 0 saturated carbocycles. The molecular formula is C21H17Cl2Zr. The minimum absolute atomic E-state index is 0. The zero-order chi connectivity index (χ0) is 15.3. The Kier molecular flexibility index (Phi) is 6.13. The van der Waals surface area contributed by atoms with Crippen molar-refractivity contribution in [2.45, 2.75) is 20.3 Å². The summed E-state index contributed by atoms with van der Waals surface area (Å²) < 4.78 is 1.50. The second kappa shape index (κ2) is 7.56. The zero-order valence-corrected chi connectivity index (χ0v) is 17.6. The van der Waals surface area contributed by atoms with Gasteiger partial charge in [0.2, 0.25) is 0 Å². The van der Waals surface area contributed by atoms with Gasteiger partial charge in [0.1, 0.15) is 0 Å². The molecule has 0 radical (unpaired) electrons. The summed E-state index contributed by atoms with van der Waals surface area (Å²) in [4.78, 5) is 0. The van der Waals surface area contributed by atoms with Crippen LogP contribution in [0.15, 0.2) is 60.2 Å². The summed E-state index contributed by atoms with van der Waals surface area (Å²) in [6.07, 6.45) is 7.78. The van der Waals surface area contributed by atoms with Crippen LogP contribution in [0.3, 0.4) is 0 Å². The van der Waals surface area contributed by atoms with E-state index in [1.54, 1.807) is 0 Å². The number of hydrogen-bond donors (Lipinski definition) is 0. The molecule has 0 atom stereocenters. The van der Waals surface area contributed by atoms with Crippen LogP contribution in [0.25, 0.3) is 11.1 Å². The van der Waals surface area contributed by atoms with E-state index >= 15 is 0 Å². The average Bonchev–Trinajstić information content (AvgIpc) is 3.12. The minimum Gasteiger partial charge on any atom is -1.00 e. The Morgan fingerprint density at radius 1 is 0.917 bits per heavy atom. The normalized spacial score (nSPS) is 13.7. The Labute approximate surface area is 170 Å². The quantitative estimate of drug-likeness (QED) is 0.445. The predicted molar refractivity (Wildman–Crippen MR) is 88.5 cm³/mol. The largest absolute Gasteiger partial charge is 1.00 e. The van der Waals surface area contributed by atoms with Gasteiger partial charge < -0.3 is 24.8 Å². The molecule has 0 unspecified atom stereocenters. The Morgan fingerprint density at radius 2 is 1.62 bits per heavy atom. The summed E-state index contributed by atoms with van der Waals surface area (Å²) in [5.74, 6) is 0. The molecule has 2 aromatic rings. The Balaban J connectivity index is 0.00000104. The van der Waals surface area contributed by atoms with E-state index in [1.807, 2.05) is 0 Å². The van der Waals surface area contributed by atoms with Crippen molar-refractivity contribution < 1.29 is 49.5 Å². The van der Waals surface area contributed by atoms with Gasteiger partial charge in [-0.15, -0.1) is 0 Å². The maximum absolute atomic E-state index is 2.32. The van der Waals surface area contributed by atoms with E-state index < -0.39 is 0 Å². The third-order valence-electron chi connectivity index (χ3n) is 4.57. The first-order chi connectivity index (χ1) is 10.7. The predicted octanol–water partition coefficient (Wildman–Crippen LogP) is -3.26. The Morgan fingerprint density at radius 3 is 2.25 bits per heavy atom. The van der Waals surface area contributed by atoms with E-state index in [1.165, 1.54) is 71.1 Å².